The smallest absolute Gasteiger partial charge is 0.247 e. The first kappa shape index (κ1) is 18.3. The molecule has 0 saturated carbocycles. The van der Waals surface area contributed by atoms with Gasteiger partial charge < -0.3 is 0 Å². The molecule has 0 atom stereocenters. The zero-order valence-corrected chi connectivity index (χ0v) is 14.1. The van der Waals surface area contributed by atoms with E-state index in [4.69, 9.17) is 0 Å². The molecule has 2 rings (SSSR count). The average molecular weight is 464 g/mol. The minimum atomic E-state index is -4.51. The van der Waals surface area contributed by atoms with E-state index >= 15 is 0 Å². The highest BCUT2D eigenvalue weighted by atomic mass is 79.9. The van der Waals surface area contributed by atoms with Gasteiger partial charge in [0.25, 0.3) is 0 Å². The second-order valence-electron chi connectivity index (χ2n) is 4.45. The Morgan fingerprint density at radius 1 is 0.652 bits per heavy atom. The van der Waals surface area contributed by atoms with Crippen molar-refractivity contribution >= 4 is 31.9 Å². The van der Waals surface area contributed by atoms with Gasteiger partial charge in [0.2, 0.25) is 0 Å². The molecule has 0 aliphatic carbocycles. The van der Waals surface area contributed by atoms with Crippen LogP contribution >= 0.6 is 31.9 Å². The number of ether oxygens (including phenoxy) is 1. The van der Waals surface area contributed by atoms with E-state index in [2.05, 4.69) is 36.6 Å². The Morgan fingerprint density at radius 3 is 1.30 bits per heavy atom. The molecule has 0 amide bonds. The van der Waals surface area contributed by atoms with Crippen molar-refractivity contribution in [1.29, 1.82) is 0 Å². The fourth-order valence-electron chi connectivity index (χ4n) is 1.72. The van der Waals surface area contributed by atoms with E-state index in [0.717, 1.165) is 24.3 Å². The highest BCUT2D eigenvalue weighted by Crippen LogP contribution is 2.42. The summed E-state index contributed by atoms with van der Waals surface area (Å²) in [7, 11) is 0. The molecule has 0 bridgehead atoms. The molecule has 0 aliphatic heterocycles. The molecule has 0 aliphatic rings. The van der Waals surface area contributed by atoms with E-state index in [1.165, 1.54) is 0 Å². The number of benzene rings is 2. The van der Waals surface area contributed by atoms with Crippen LogP contribution in [0.4, 0.5) is 26.3 Å². The number of alkyl halides is 4. The number of rotatable bonds is 4. The van der Waals surface area contributed by atoms with Crippen LogP contribution in [0.5, 0.6) is 0 Å². The van der Waals surface area contributed by atoms with Crippen molar-refractivity contribution in [3.63, 3.8) is 0 Å². The Kier molecular flexibility index (Phi) is 5.12. The second-order valence-corrected chi connectivity index (χ2v) is 6.28. The van der Waals surface area contributed by atoms with E-state index in [9.17, 15) is 26.3 Å². The molecule has 1 nitrogen and oxygen atoms in total. The summed E-state index contributed by atoms with van der Waals surface area (Å²) >= 11 is 5.55. The van der Waals surface area contributed by atoms with Crippen LogP contribution < -0.4 is 0 Å². The van der Waals surface area contributed by atoms with Crippen molar-refractivity contribution < 1.29 is 31.1 Å². The maximum Gasteiger partial charge on any atom is 0.388 e. The Bertz CT molecular complexity index is 633. The van der Waals surface area contributed by atoms with Crippen LogP contribution in [0.1, 0.15) is 11.1 Å². The zero-order chi connectivity index (χ0) is 17.4. The van der Waals surface area contributed by atoms with Crippen LogP contribution in [-0.2, 0) is 17.0 Å². The monoisotopic (exact) mass is 462 g/mol. The first-order valence-corrected chi connectivity index (χ1v) is 7.47. The minimum absolute atomic E-state index is 0.0763. The lowest BCUT2D eigenvalue weighted by Crippen LogP contribution is -2.29. The van der Waals surface area contributed by atoms with Crippen molar-refractivity contribution in [3.8, 4) is 0 Å². The molecule has 23 heavy (non-hydrogen) atoms. The average Bonchev–Trinajstić information content (AvgIpc) is 2.35. The quantitative estimate of drug-likeness (QED) is 0.483. The standard InChI is InChI=1S/C14H6Br2F6O/c15-9-1-7(3-11(17)5-9)13(19,20)23-14(21,22)8-2-10(16)6-12(18)4-8/h1-6H. The lowest BCUT2D eigenvalue weighted by atomic mass is 10.2. The van der Waals surface area contributed by atoms with Crippen molar-refractivity contribution in [3.05, 3.63) is 68.1 Å². The highest BCUT2D eigenvalue weighted by Gasteiger charge is 2.47. The van der Waals surface area contributed by atoms with Gasteiger partial charge in [0, 0.05) is 8.95 Å². The van der Waals surface area contributed by atoms with E-state index in [1.54, 1.807) is 0 Å². The third kappa shape index (κ3) is 4.48. The van der Waals surface area contributed by atoms with Crippen LogP contribution in [0, 0.1) is 11.6 Å². The molecule has 0 saturated heterocycles. The molecule has 2 aromatic rings. The molecule has 0 spiro atoms. The van der Waals surface area contributed by atoms with Crippen molar-refractivity contribution in [2.75, 3.05) is 0 Å². The molecular weight excluding hydrogens is 458 g/mol. The van der Waals surface area contributed by atoms with Crippen LogP contribution in [-0.4, -0.2) is 0 Å². The summed E-state index contributed by atoms with van der Waals surface area (Å²) in [6.07, 6.45) is -9.01. The molecule has 0 heterocycles. The van der Waals surface area contributed by atoms with Gasteiger partial charge in [0.1, 0.15) is 11.6 Å². The predicted molar refractivity (Wildman–Crippen MR) is 77.1 cm³/mol. The maximum absolute atomic E-state index is 13.9. The first-order valence-electron chi connectivity index (χ1n) is 5.88. The summed E-state index contributed by atoms with van der Waals surface area (Å²) in [5.74, 6) is -2.12. The van der Waals surface area contributed by atoms with Crippen LogP contribution in [0.2, 0.25) is 0 Å². The molecule has 0 unspecified atom stereocenters. The minimum Gasteiger partial charge on any atom is -0.247 e. The topological polar surface area (TPSA) is 9.23 Å². The Balaban J connectivity index is 2.37. The molecule has 0 aromatic heterocycles. The summed E-state index contributed by atoms with van der Waals surface area (Å²) < 4.78 is 85.4. The summed E-state index contributed by atoms with van der Waals surface area (Å²) in [5.41, 5.74) is -2.22. The fourth-order valence-corrected chi connectivity index (χ4v) is 2.65. The number of hydrogen-bond donors (Lipinski definition) is 0. The van der Waals surface area contributed by atoms with Gasteiger partial charge in [0.15, 0.2) is 0 Å². The van der Waals surface area contributed by atoms with Crippen molar-refractivity contribution in [1.82, 2.24) is 0 Å². The lowest BCUT2D eigenvalue weighted by molar-refractivity contribution is -0.391. The van der Waals surface area contributed by atoms with Crippen molar-refractivity contribution in [2.24, 2.45) is 0 Å². The Hall–Kier alpha value is -1.06. The first-order chi connectivity index (χ1) is 10.5. The van der Waals surface area contributed by atoms with Gasteiger partial charge in [-0.3, -0.25) is 0 Å². The summed E-state index contributed by atoms with van der Waals surface area (Å²) in [6, 6.07) is 3.95. The third-order valence-corrected chi connectivity index (χ3v) is 3.57. The summed E-state index contributed by atoms with van der Waals surface area (Å²) in [4.78, 5) is 0. The SMILES string of the molecule is Fc1cc(Br)cc(C(F)(F)OC(F)(F)c2cc(F)cc(Br)c2)c1. The normalized spacial score (nSPS) is 12.5. The molecule has 0 N–H and O–H groups in total. The van der Waals surface area contributed by atoms with Crippen LogP contribution in [0.3, 0.4) is 0 Å². The Labute approximate surface area is 143 Å². The van der Waals surface area contributed by atoms with Crippen molar-refractivity contribution in [2.45, 2.75) is 12.2 Å². The summed E-state index contributed by atoms with van der Waals surface area (Å²) in [6.45, 7) is 0. The fraction of sp³-hybridized carbons (Fsp3) is 0.143. The summed E-state index contributed by atoms with van der Waals surface area (Å²) in [5, 5.41) is 0. The largest absolute Gasteiger partial charge is 0.388 e. The zero-order valence-electron chi connectivity index (χ0n) is 10.9. The lowest BCUT2D eigenvalue weighted by Gasteiger charge is -2.24. The third-order valence-electron chi connectivity index (χ3n) is 2.65. The van der Waals surface area contributed by atoms with E-state index in [1.807, 2.05) is 0 Å². The van der Waals surface area contributed by atoms with Gasteiger partial charge in [-0.05, 0) is 36.4 Å². The Morgan fingerprint density at radius 2 is 1.00 bits per heavy atom. The predicted octanol–water partition coefficient (Wildman–Crippen LogP) is 6.31. The van der Waals surface area contributed by atoms with Gasteiger partial charge in [-0.15, -0.1) is 0 Å². The van der Waals surface area contributed by atoms with E-state index in [0.29, 0.717) is 12.1 Å². The van der Waals surface area contributed by atoms with Gasteiger partial charge >= 0.3 is 12.2 Å². The molecular formula is C14H6Br2F6O. The molecule has 0 fully saturated rings. The van der Waals surface area contributed by atoms with Gasteiger partial charge in [-0.1, -0.05) is 31.9 Å². The molecule has 0 radical (unpaired) electrons. The number of halogens is 8. The van der Waals surface area contributed by atoms with Gasteiger partial charge in [0.05, 0.1) is 11.1 Å². The molecule has 9 heteroatoms. The van der Waals surface area contributed by atoms with Crippen LogP contribution in [0.25, 0.3) is 0 Å². The van der Waals surface area contributed by atoms with Gasteiger partial charge in [-0.25, -0.2) is 13.5 Å². The second kappa shape index (κ2) is 6.45. The maximum atomic E-state index is 13.9. The highest BCUT2D eigenvalue weighted by molar-refractivity contribution is 9.10. The molecule has 124 valence electrons. The van der Waals surface area contributed by atoms with E-state index in [-0.39, 0.29) is 8.95 Å². The van der Waals surface area contributed by atoms with Gasteiger partial charge in [-0.2, -0.15) is 17.6 Å². The number of hydrogen-bond acceptors (Lipinski definition) is 1. The van der Waals surface area contributed by atoms with Crippen LogP contribution in [0.15, 0.2) is 45.3 Å². The molecule has 2 aromatic carbocycles. The van der Waals surface area contributed by atoms with E-state index < -0.39 is 35.0 Å².